The van der Waals surface area contributed by atoms with Crippen molar-refractivity contribution in [2.24, 2.45) is 0 Å². The molecule has 2 aromatic rings. The minimum absolute atomic E-state index is 0.00284. The monoisotopic (exact) mass is 330 g/mol. The van der Waals surface area contributed by atoms with Crippen molar-refractivity contribution >= 4 is 17.2 Å². The number of thiazole rings is 1. The number of benzene rings is 1. The summed E-state index contributed by atoms with van der Waals surface area (Å²) >= 11 is 1.69. The summed E-state index contributed by atoms with van der Waals surface area (Å²) in [6.45, 7) is 6.03. The molecule has 1 amide bonds. The Hall–Kier alpha value is -1.76. The van der Waals surface area contributed by atoms with Crippen molar-refractivity contribution < 1.29 is 4.79 Å². The average molecular weight is 330 g/mol. The van der Waals surface area contributed by atoms with Crippen molar-refractivity contribution in [2.45, 2.75) is 45.3 Å². The molecule has 1 saturated heterocycles. The number of hydrazine groups is 1. The second-order valence-corrected chi connectivity index (χ2v) is 7.19. The lowest BCUT2D eigenvalue weighted by Crippen LogP contribution is -2.43. The van der Waals surface area contributed by atoms with Crippen molar-refractivity contribution in [3.05, 3.63) is 51.5 Å². The molecule has 0 spiro atoms. The van der Waals surface area contributed by atoms with E-state index in [4.69, 9.17) is 0 Å². The van der Waals surface area contributed by atoms with Crippen LogP contribution in [0.2, 0.25) is 0 Å². The first kappa shape index (κ1) is 16.1. The van der Waals surface area contributed by atoms with Crippen LogP contribution in [0.4, 0.5) is 0 Å². The quantitative estimate of drug-likeness (QED) is 0.806. The van der Waals surface area contributed by atoms with Crippen LogP contribution in [0.25, 0.3) is 0 Å². The van der Waals surface area contributed by atoms with Gasteiger partial charge < -0.3 is 5.32 Å². The Labute approximate surface area is 140 Å². The van der Waals surface area contributed by atoms with Gasteiger partial charge in [-0.05, 0) is 32.8 Å². The summed E-state index contributed by atoms with van der Waals surface area (Å²) in [6.07, 6.45) is 0.732. The molecule has 0 radical (unpaired) electrons. The average Bonchev–Trinajstić information content (AvgIpc) is 3.14. The maximum atomic E-state index is 12.5. The fourth-order valence-corrected chi connectivity index (χ4v) is 3.90. The van der Waals surface area contributed by atoms with Gasteiger partial charge in [0.1, 0.15) is 6.04 Å². The van der Waals surface area contributed by atoms with Gasteiger partial charge in [0.05, 0.1) is 22.8 Å². The highest BCUT2D eigenvalue weighted by Gasteiger charge is 2.32. The summed E-state index contributed by atoms with van der Waals surface area (Å²) in [4.78, 5) is 18.1. The standard InChI is InChI=1S/C17H22N4OS/c1-10(13-7-5-4-6-8-13)19-17(22)15-9-14(20-21-15)16-11(2)18-12(3)23-16/h4-8,10,14-15,20-21H,9H2,1-3H3,(H,19,22). The molecule has 2 heterocycles. The molecule has 1 aliphatic rings. The Bertz CT molecular complexity index is 685. The van der Waals surface area contributed by atoms with E-state index in [2.05, 4.69) is 21.2 Å². The Morgan fingerprint density at radius 3 is 2.70 bits per heavy atom. The second-order valence-electron chi connectivity index (χ2n) is 5.95. The molecule has 5 nitrogen and oxygen atoms in total. The van der Waals surface area contributed by atoms with Crippen molar-refractivity contribution in [3.63, 3.8) is 0 Å². The van der Waals surface area contributed by atoms with Crippen LogP contribution in [0.1, 0.15) is 46.6 Å². The van der Waals surface area contributed by atoms with Gasteiger partial charge in [-0.1, -0.05) is 30.3 Å². The van der Waals surface area contributed by atoms with E-state index in [1.165, 1.54) is 4.88 Å². The first-order valence-corrected chi connectivity index (χ1v) is 8.66. The largest absolute Gasteiger partial charge is 0.348 e. The molecule has 3 rings (SSSR count). The maximum Gasteiger partial charge on any atom is 0.239 e. The molecule has 0 aliphatic carbocycles. The molecule has 1 aromatic heterocycles. The lowest BCUT2D eigenvalue weighted by Gasteiger charge is -2.17. The third kappa shape index (κ3) is 3.60. The molecule has 0 saturated carbocycles. The van der Waals surface area contributed by atoms with Gasteiger partial charge in [-0.15, -0.1) is 11.3 Å². The van der Waals surface area contributed by atoms with E-state index in [0.717, 1.165) is 22.7 Å². The molecule has 3 atom stereocenters. The van der Waals surface area contributed by atoms with Crippen LogP contribution in [0.5, 0.6) is 0 Å². The SMILES string of the molecule is Cc1nc(C)c(C2CC(C(=O)NC(C)c3ccccc3)NN2)s1. The predicted octanol–water partition coefficient (Wildman–Crippen LogP) is 2.54. The third-order valence-electron chi connectivity index (χ3n) is 4.13. The molecule has 0 bridgehead atoms. The van der Waals surface area contributed by atoms with Crippen LogP contribution < -0.4 is 16.2 Å². The highest BCUT2D eigenvalue weighted by molar-refractivity contribution is 7.11. The third-order valence-corrected chi connectivity index (χ3v) is 5.32. The molecule has 1 fully saturated rings. The first-order valence-electron chi connectivity index (χ1n) is 7.85. The summed E-state index contributed by atoms with van der Waals surface area (Å²) < 4.78 is 0. The first-order chi connectivity index (χ1) is 11.0. The van der Waals surface area contributed by atoms with E-state index >= 15 is 0 Å². The van der Waals surface area contributed by atoms with Crippen molar-refractivity contribution in [1.82, 2.24) is 21.2 Å². The number of aromatic nitrogens is 1. The molecule has 1 aliphatic heterocycles. The van der Waals surface area contributed by atoms with Crippen LogP contribution in [0.15, 0.2) is 30.3 Å². The van der Waals surface area contributed by atoms with Gasteiger partial charge in [0, 0.05) is 4.88 Å². The predicted molar refractivity (Wildman–Crippen MR) is 92.0 cm³/mol. The van der Waals surface area contributed by atoms with Crippen LogP contribution in [0, 0.1) is 13.8 Å². The Balaban J connectivity index is 1.60. The normalized spacial score (nSPS) is 22.0. The fraction of sp³-hybridized carbons (Fsp3) is 0.412. The molecule has 122 valence electrons. The molecule has 3 N–H and O–H groups in total. The van der Waals surface area contributed by atoms with Crippen LogP contribution in [-0.4, -0.2) is 16.9 Å². The number of rotatable bonds is 4. The maximum absolute atomic E-state index is 12.5. The van der Waals surface area contributed by atoms with E-state index in [9.17, 15) is 4.79 Å². The van der Waals surface area contributed by atoms with Gasteiger partial charge in [-0.3, -0.25) is 4.79 Å². The number of carbonyl (C=O) groups is 1. The van der Waals surface area contributed by atoms with Crippen molar-refractivity contribution in [3.8, 4) is 0 Å². The highest BCUT2D eigenvalue weighted by atomic mass is 32.1. The Morgan fingerprint density at radius 1 is 1.30 bits per heavy atom. The lowest BCUT2D eigenvalue weighted by atomic mass is 10.1. The minimum Gasteiger partial charge on any atom is -0.348 e. The lowest BCUT2D eigenvalue weighted by molar-refractivity contribution is -0.123. The number of hydrogen-bond acceptors (Lipinski definition) is 5. The molecule has 1 aromatic carbocycles. The zero-order chi connectivity index (χ0) is 16.4. The van der Waals surface area contributed by atoms with E-state index in [1.54, 1.807) is 11.3 Å². The van der Waals surface area contributed by atoms with E-state index in [1.807, 2.05) is 51.1 Å². The Kier molecular flexibility index (Phi) is 4.75. The van der Waals surface area contributed by atoms with Gasteiger partial charge in [0.2, 0.25) is 5.91 Å². The summed E-state index contributed by atoms with van der Waals surface area (Å²) in [5, 5.41) is 4.14. The molecule has 3 unspecified atom stereocenters. The number of amides is 1. The van der Waals surface area contributed by atoms with Gasteiger partial charge in [0.15, 0.2) is 0 Å². The molecule has 6 heteroatoms. The summed E-state index contributed by atoms with van der Waals surface area (Å²) in [5.74, 6) is 0.0234. The summed E-state index contributed by atoms with van der Waals surface area (Å²) in [7, 11) is 0. The minimum atomic E-state index is -0.229. The van der Waals surface area contributed by atoms with Gasteiger partial charge in [-0.2, -0.15) is 0 Å². The number of nitrogens with one attached hydrogen (secondary N) is 3. The number of carbonyl (C=O) groups excluding carboxylic acids is 1. The second kappa shape index (κ2) is 6.78. The number of hydrogen-bond donors (Lipinski definition) is 3. The van der Waals surface area contributed by atoms with Gasteiger partial charge in [0.25, 0.3) is 0 Å². The van der Waals surface area contributed by atoms with Crippen LogP contribution >= 0.6 is 11.3 Å². The Morgan fingerprint density at radius 2 is 2.04 bits per heavy atom. The van der Waals surface area contributed by atoms with Gasteiger partial charge >= 0.3 is 0 Å². The smallest absolute Gasteiger partial charge is 0.239 e. The van der Waals surface area contributed by atoms with E-state index in [-0.39, 0.29) is 24.0 Å². The van der Waals surface area contributed by atoms with E-state index in [0.29, 0.717) is 0 Å². The van der Waals surface area contributed by atoms with E-state index < -0.39 is 0 Å². The zero-order valence-corrected chi connectivity index (χ0v) is 14.4. The van der Waals surface area contributed by atoms with Crippen molar-refractivity contribution in [1.29, 1.82) is 0 Å². The zero-order valence-electron chi connectivity index (χ0n) is 13.6. The number of nitrogens with zero attached hydrogens (tertiary/aromatic N) is 1. The van der Waals surface area contributed by atoms with Crippen molar-refractivity contribution in [2.75, 3.05) is 0 Å². The van der Waals surface area contributed by atoms with Crippen LogP contribution in [0.3, 0.4) is 0 Å². The number of aryl methyl sites for hydroxylation is 2. The highest BCUT2D eigenvalue weighted by Crippen LogP contribution is 2.30. The van der Waals surface area contributed by atoms with Gasteiger partial charge in [-0.25, -0.2) is 15.8 Å². The molecule has 23 heavy (non-hydrogen) atoms. The molecular weight excluding hydrogens is 308 g/mol. The summed E-state index contributed by atoms with van der Waals surface area (Å²) in [5.41, 5.74) is 8.50. The van der Waals surface area contributed by atoms with Crippen LogP contribution in [-0.2, 0) is 4.79 Å². The topological polar surface area (TPSA) is 66.0 Å². The summed E-state index contributed by atoms with van der Waals surface area (Å²) in [6, 6.07) is 9.91. The fourth-order valence-electron chi connectivity index (χ4n) is 2.91. The molecular formula is C17H22N4OS.